The van der Waals surface area contributed by atoms with Gasteiger partial charge < -0.3 is 9.84 Å². The molecule has 0 amide bonds. The van der Waals surface area contributed by atoms with Crippen LogP contribution in [0.4, 0.5) is 0 Å². The SMILES string of the molecule is CC1CNCC(C)N1Cc1noc(-c2ccsc2)n1. The minimum Gasteiger partial charge on any atom is -0.334 e. The zero-order valence-corrected chi connectivity index (χ0v) is 12.0. The maximum atomic E-state index is 5.32. The fraction of sp³-hybridized carbons (Fsp3) is 0.538. The number of thiophene rings is 1. The number of hydrogen-bond acceptors (Lipinski definition) is 6. The van der Waals surface area contributed by atoms with Crippen LogP contribution in [0.25, 0.3) is 11.5 Å². The lowest BCUT2D eigenvalue weighted by Gasteiger charge is -2.38. The zero-order chi connectivity index (χ0) is 13.2. The van der Waals surface area contributed by atoms with Gasteiger partial charge in [-0.1, -0.05) is 5.16 Å². The minimum absolute atomic E-state index is 0.492. The quantitative estimate of drug-likeness (QED) is 0.930. The monoisotopic (exact) mass is 278 g/mol. The van der Waals surface area contributed by atoms with Crippen LogP contribution in [0.5, 0.6) is 0 Å². The first-order valence-corrected chi connectivity index (χ1v) is 7.50. The molecule has 0 radical (unpaired) electrons. The summed E-state index contributed by atoms with van der Waals surface area (Å²) in [4.78, 5) is 6.90. The van der Waals surface area contributed by atoms with Crippen molar-refractivity contribution in [3.63, 3.8) is 0 Å². The third-order valence-electron chi connectivity index (χ3n) is 3.57. The van der Waals surface area contributed by atoms with Crippen molar-refractivity contribution in [1.82, 2.24) is 20.4 Å². The van der Waals surface area contributed by atoms with Crippen molar-refractivity contribution in [3.8, 4) is 11.5 Å². The van der Waals surface area contributed by atoms with Crippen molar-refractivity contribution < 1.29 is 4.52 Å². The maximum absolute atomic E-state index is 5.32. The van der Waals surface area contributed by atoms with Crippen LogP contribution in [0, 0.1) is 0 Å². The molecule has 6 heteroatoms. The molecule has 0 bridgehead atoms. The molecule has 0 aliphatic carbocycles. The average molecular weight is 278 g/mol. The fourth-order valence-electron chi connectivity index (χ4n) is 2.47. The van der Waals surface area contributed by atoms with Crippen molar-refractivity contribution >= 4 is 11.3 Å². The van der Waals surface area contributed by atoms with Gasteiger partial charge in [0.1, 0.15) is 0 Å². The third kappa shape index (κ3) is 2.70. The summed E-state index contributed by atoms with van der Waals surface area (Å²) in [6, 6.07) is 2.98. The zero-order valence-electron chi connectivity index (χ0n) is 11.2. The van der Waals surface area contributed by atoms with Crippen molar-refractivity contribution in [2.24, 2.45) is 0 Å². The summed E-state index contributed by atoms with van der Waals surface area (Å²) < 4.78 is 5.32. The van der Waals surface area contributed by atoms with Gasteiger partial charge in [-0.05, 0) is 25.3 Å². The fourth-order valence-corrected chi connectivity index (χ4v) is 3.10. The molecule has 3 heterocycles. The summed E-state index contributed by atoms with van der Waals surface area (Å²) in [6.07, 6.45) is 0. The summed E-state index contributed by atoms with van der Waals surface area (Å²) in [6.45, 7) is 7.22. The van der Waals surface area contributed by atoms with E-state index >= 15 is 0 Å². The van der Waals surface area contributed by atoms with Crippen LogP contribution < -0.4 is 5.32 Å². The van der Waals surface area contributed by atoms with Crippen molar-refractivity contribution in [2.45, 2.75) is 32.5 Å². The van der Waals surface area contributed by atoms with E-state index in [4.69, 9.17) is 4.52 Å². The average Bonchev–Trinajstić information content (AvgIpc) is 3.04. The lowest BCUT2D eigenvalue weighted by Crippen LogP contribution is -2.54. The molecule has 1 fully saturated rings. The third-order valence-corrected chi connectivity index (χ3v) is 4.26. The van der Waals surface area contributed by atoms with Crippen LogP contribution in [0.15, 0.2) is 21.3 Å². The first kappa shape index (κ1) is 12.8. The van der Waals surface area contributed by atoms with Crippen LogP contribution in [0.1, 0.15) is 19.7 Å². The van der Waals surface area contributed by atoms with Crippen molar-refractivity contribution in [2.75, 3.05) is 13.1 Å². The number of piperazine rings is 1. The number of nitrogens with zero attached hydrogens (tertiary/aromatic N) is 3. The maximum Gasteiger partial charge on any atom is 0.258 e. The highest BCUT2D eigenvalue weighted by Crippen LogP contribution is 2.21. The summed E-state index contributed by atoms with van der Waals surface area (Å²) in [5, 5.41) is 11.5. The van der Waals surface area contributed by atoms with E-state index in [9.17, 15) is 0 Å². The van der Waals surface area contributed by atoms with Crippen LogP contribution in [0.2, 0.25) is 0 Å². The highest BCUT2D eigenvalue weighted by molar-refractivity contribution is 7.08. The van der Waals surface area contributed by atoms with E-state index in [1.807, 2.05) is 16.8 Å². The Morgan fingerprint density at radius 3 is 2.89 bits per heavy atom. The molecule has 2 aromatic rings. The normalized spacial score (nSPS) is 24.7. The summed E-state index contributed by atoms with van der Waals surface area (Å²) in [5.41, 5.74) is 1.00. The largest absolute Gasteiger partial charge is 0.334 e. The number of hydrogen-bond donors (Lipinski definition) is 1. The molecule has 2 unspecified atom stereocenters. The molecule has 5 nitrogen and oxygen atoms in total. The minimum atomic E-state index is 0.492. The lowest BCUT2D eigenvalue weighted by atomic mass is 10.1. The molecule has 1 saturated heterocycles. The Kier molecular flexibility index (Phi) is 3.63. The van der Waals surface area contributed by atoms with Gasteiger partial charge in [0, 0.05) is 30.6 Å². The highest BCUT2D eigenvalue weighted by atomic mass is 32.1. The first-order chi connectivity index (χ1) is 9.24. The van der Waals surface area contributed by atoms with E-state index in [0.29, 0.717) is 18.0 Å². The van der Waals surface area contributed by atoms with E-state index in [0.717, 1.165) is 31.0 Å². The molecular formula is C13H18N4OS. The van der Waals surface area contributed by atoms with Gasteiger partial charge >= 0.3 is 0 Å². The standard InChI is InChI=1S/C13H18N4OS/c1-9-5-14-6-10(2)17(9)7-12-15-13(18-16-12)11-3-4-19-8-11/h3-4,8-10,14H,5-7H2,1-2H3. The van der Waals surface area contributed by atoms with E-state index in [1.54, 1.807) is 11.3 Å². The van der Waals surface area contributed by atoms with Crippen LogP contribution in [0.3, 0.4) is 0 Å². The Labute approximate surface area is 116 Å². The number of rotatable bonds is 3. The van der Waals surface area contributed by atoms with Gasteiger partial charge in [-0.25, -0.2) is 0 Å². The van der Waals surface area contributed by atoms with Crippen LogP contribution in [-0.4, -0.2) is 40.2 Å². The molecule has 1 N–H and O–H groups in total. The van der Waals surface area contributed by atoms with Gasteiger partial charge in [-0.15, -0.1) is 0 Å². The van der Waals surface area contributed by atoms with Gasteiger partial charge in [0.25, 0.3) is 5.89 Å². The van der Waals surface area contributed by atoms with Crippen molar-refractivity contribution in [3.05, 3.63) is 22.7 Å². The summed E-state index contributed by atoms with van der Waals surface area (Å²) in [5.74, 6) is 1.38. The van der Waals surface area contributed by atoms with Gasteiger partial charge in [0.15, 0.2) is 5.82 Å². The molecule has 3 rings (SSSR count). The van der Waals surface area contributed by atoms with Gasteiger partial charge in [0.2, 0.25) is 0 Å². The summed E-state index contributed by atoms with van der Waals surface area (Å²) in [7, 11) is 0. The van der Waals surface area contributed by atoms with E-state index in [-0.39, 0.29) is 0 Å². The Hall–Kier alpha value is -1.24. The van der Waals surface area contributed by atoms with E-state index < -0.39 is 0 Å². The molecule has 2 aromatic heterocycles. The molecule has 0 spiro atoms. The molecule has 1 aliphatic heterocycles. The molecule has 0 saturated carbocycles. The number of aromatic nitrogens is 2. The second kappa shape index (κ2) is 5.40. The Bertz CT molecular complexity index is 514. The Balaban J connectivity index is 1.73. The van der Waals surface area contributed by atoms with Crippen LogP contribution in [-0.2, 0) is 6.54 Å². The smallest absolute Gasteiger partial charge is 0.258 e. The molecule has 19 heavy (non-hydrogen) atoms. The first-order valence-electron chi connectivity index (χ1n) is 6.55. The molecule has 2 atom stereocenters. The topological polar surface area (TPSA) is 54.2 Å². The van der Waals surface area contributed by atoms with Crippen molar-refractivity contribution in [1.29, 1.82) is 0 Å². The van der Waals surface area contributed by atoms with E-state index in [1.165, 1.54) is 0 Å². The highest BCUT2D eigenvalue weighted by Gasteiger charge is 2.26. The second-order valence-corrected chi connectivity index (χ2v) is 5.84. The van der Waals surface area contributed by atoms with Gasteiger partial charge in [-0.3, -0.25) is 4.90 Å². The van der Waals surface area contributed by atoms with Gasteiger partial charge in [0.05, 0.1) is 12.1 Å². The molecule has 1 aliphatic rings. The second-order valence-electron chi connectivity index (χ2n) is 5.06. The predicted molar refractivity (Wildman–Crippen MR) is 74.9 cm³/mol. The lowest BCUT2D eigenvalue weighted by molar-refractivity contribution is 0.104. The summed E-state index contributed by atoms with van der Waals surface area (Å²) >= 11 is 1.63. The molecular weight excluding hydrogens is 260 g/mol. The number of nitrogens with one attached hydrogen (secondary N) is 1. The van der Waals surface area contributed by atoms with Gasteiger partial charge in [-0.2, -0.15) is 16.3 Å². The van der Waals surface area contributed by atoms with E-state index in [2.05, 4.69) is 34.2 Å². The molecule has 102 valence electrons. The van der Waals surface area contributed by atoms with Crippen LogP contribution >= 0.6 is 11.3 Å². The molecule has 0 aromatic carbocycles. The Morgan fingerprint density at radius 2 is 2.21 bits per heavy atom. The Morgan fingerprint density at radius 1 is 1.42 bits per heavy atom. The predicted octanol–water partition coefficient (Wildman–Crippen LogP) is 1.98.